The quantitative estimate of drug-likeness (QED) is 0.714. The predicted molar refractivity (Wildman–Crippen MR) is 112 cm³/mol. The van der Waals surface area contributed by atoms with Crippen LogP contribution in [0.2, 0.25) is 0 Å². The number of methoxy groups -OCH3 is 1. The van der Waals surface area contributed by atoms with E-state index in [1.807, 2.05) is 30.3 Å². The Labute approximate surface area is 172 Å². The number of hydrogen-bond acceptors (Lipinski definition) is 4. The second kappa shape index (κ2) is 9.50. The molecule has 1 aromatic heterocycles. The van der Waals surface area contributed by atoms with E-state index in [9.17, 15) is 9.59 Å². The maximum absolute atomic E-state index is 12.6. The van der Waals surface area contributed by atoms with Crippen LogP contribution in [0.3, 0.4) is 0 Å². The van der Waals surface area contributed by atoms with Crippen molar-refractivity contribution >= 4 is 39.6 Å². The van der Waals surface area contributed by atoms with E-state index in [-0.39, 0.29) is 17.7 Å². The summed E-state index contributed by atoms with van der Waals surface area (Å²) in [6.07, 6.45) is 6.46. The number of pyridine rings is 1. The molecule has 2 amide bonds. The highest BCUT2D eigenvalue weighted by molar-refractivity contribution is 9.10. The van der Waals surface area contributed by atoms with Gasteiger partial charge in [0.2, 0.25) is 11.8 Å². The first-order valence-corrected chi connectivity index (χ1v) is 9.88. The topological polar surface area (TPSA) is 71.5 Å². The number of aromatic nitrogens is 1. The number of piperidine rings is 1. The molecule has 1 atom stereocenters. The van der Waals surface area contributed by atoms with Gasteiger partial charge < -0.3 is 15.0 Å². The average Bonchev–Trinajstić information content (AvgIpc) is 2.74. The highest BCUT2D eigenvalue weighted by atomic mass is 79.9. The molecule has 1 aliphatic rings. The Hall–Kier alpha value is -2.67. The molecule has 0 aliphatic carbocycles. The number of amides is 2. The summed E-state index contributed by atoms with van der Waals surface area (Å²) in [5.74, 6) is 0.756. The Bertz CT molecular complexity index is 867. The summed E-state index contributed by atoms with van der Waals surface area (Å²) < 4.78 is 6.15. The van der Waals surface area contributed by atoms with Gasteiger partial charge in [0.25, 0.3) is 0 Å². The van der Waals surface area contributed by atoms with Crippen LogP contribution in [0.5, 0.6) is 5.75 Å². The van der Waals surface area contributed by atoms with E-state index < -0.39 is 0 Å². The molecular weight excluding hydrogens is 422 g/mol. The molecule has 1 aliphatic heterocycles. The number of halogens is 1. The van der Waals surface area contributed by atoms with Crippen molar-refractivity contribution in [3.05, 3.63) is 58.7 Å². The van der Waals surface area contributed by atoms with Crippen LogP contribution >= 0.6 is 15.9 Å². The van der Waals surface area contributed by atoms with Crippen molar-refractivity contribution in [2.24, 2.45) is 5.92 Å². The van der Waals surface area contributed by atoms with Crippen molar-refractivity contribution in [1.82, 2.24) is 9.88 Å². The number of carbonyl (C=O) groups is 2. The lowest BCUT2D eigenvalue weighted by atomic mass is 9.97. The van der Waals surface area contributed by atoms with Crippen molar-refractivity contribution in [1.29, 1.82) is 0 Å². The van der Waals surface area contributed by atoms with Crippen LogP contribution in [0.1, 0.15) is 18.4 Å². The van der Waals surface area contributed by atoms with Crippen molar-refractivity contribution < 1.29 is 14.3 Å². The molecule has 146 valence electrons. The van der Waals surface area contributed by atoms with E-state index in [2.05, 4.69) is 26.2 Å². The molecule has 1 fully saturated rings. The van der Waals surface area contributed by atoms with Crippen LogP contribution in [0.15, 0.2) is 53.1 Å². The third-order valence-electron chi connectivity index (χ3n) is 4.63. The van der Waals surface area contributed by atoms with Crippen LogP contribution < -0.4 is 10.1 Å². The summed E-state index contributed by atoms with van der Waals surface area (Å²) in [5, 5.41) is 2.83. The summed E-state index contributed by atoms with van der Waals surface area (Å²) in [7, 11) is 1.60. The maximum atomic E-state index is 12.6. The largest absolute Gasteiger partial charge is 0.496 e. The average molecular weight is 444 g/mol. The zero-order valence-corrected chi connectivity index (χ0v) is 17.2. The fourth-order valence-electron chi connectivity index (χ4n) is 3.14. The van der Waals surface area contributed by atoms with Gasteiger partial charge in [0.05, 0.1) is 13.0 Å². The van der Waals surface area contributed by atoms with E-state index in [0.29, 0.717) is 24.7 Å². The van der Waals surface area contributed by atoms with Crippen molar-refractivity contribution in [3.63, 3.8) is 0 Å². The molecule has 1 aromatic carbocycles. The molecule has 0 bridgehead atoms. The van der Waals surface area contributed by atoms with E-state index >= 15 is 0 Å². The van der Waals surface area contributed by atoms with E-state index in [1.54, 1.807) is 30.3 Å². The number of rotatable bonds is 5. The molecule has 7 heteroatoms. The molecule has 0 saturated carbocycles. The molecule has 2 heterocycles. The molecular formula is C21H22BrN3O3. The Morgan fingerprint density at radius 2 is 2.11 bits per heavy atom. The van der Waals surface area contributed by atoms with Gasteiger partial charge in [0.15, 0.2) is 0 Å². The van der Waals surface area contributed by atoms with Gasteiger partial charge in [-0.25, -0.2) is 4.98 Å². The third kappa shape index (κ3) is 5.19. The fourth-order valence-corrected chi connectivity index (χ4v) is 3.37. The lowest BCUT2D eigenvalue weighted by Gasteiger charge is -2.31. The standard InChI is InChI=1S/C21H22BrN3O3/c1-28-18-7-3-2-5-15(18)8-11-20(26)25-12-4-6-16(14-25)21(27)24-19-10-9-17(22)13-23-19/h2-3,5,7-11,13,16H,4,6,12,14H2,1H3,(H,23,24,27)/b11-8+. The smallest absolute Gasteiger partial charge is 0.246 e. The minimum Gasteiger partial charge on any atom is -0.496 e. The molecule has 0 radical (unpaired) electrons. The summed E-state index contributed by atoms with van der Waals surface area (Å²) in [4.78, 5) is 31.0. The Kier molecular flexibility index (Phi) is 6.81. The molecule has 1 saturated heterocycles. The molecule has 3 rings (SSSR count). The van der Waals surface area contributed by atoms with Crippen LogP contribution in [-0.2, 0) is 9.59 Å². The molecule has 28 heavy (non-hydrogen) atoms. The van der Waals surface area contributed by atoms with Crippen LogP contribution in [0.4, 0.5) is 5.82 Å². The van der Waals surface area contributed by atoms with Crippen molar-refractivity contribution in [3.8, 4) is 5.75 Å². The van der Waals surface area contributed by atoms with Gasteiger partial charge in [-0.1, -0.05) is 18.2 Å². The normalized spacial score (nSPS) is 16.8. The van der Waals surface area contributed by atoms with Crippen LogP contribution in [0, 0.1) is 5.92 Å². The van der Waals surface area contributed by atoms with Gasteiger partial charge in [-0.3, -0.25) is 9.59 Å². The van der Waals surface area contributed by atoms with Crippen LogP contribution in [-0.4, -0.2) is 41.9 Å². The van der Waals surface area contributed by atoms with E-state index in [1.165, 1.54) is 6.08 Å². The SMILES string of the molecule is COc1ccccc1/C=C/C(=O)N1CCCC(C(=O)Nc2ccc(Br)cn2)C1. The molecule has 1 N–H and O–H groups in total. The van der Waals surface area contributed by atoms with Gasteiger partial charge >= 0.3 is 0 Å². The number of likely N-dealkylation sites (tertiary alicyclic amines) is 1. The van der Waals surface area contributed by atoms with Gasteiger partial charge in [0.1, 0.15) is 11.6 Å². The summed E-state index contributed by atoms with van der Waals surface area (Å²) >= 11 is 3.32. The Morgan fingerprint density at radius 1 is 1.29 bits per heavy atom. The number of nitrogens with zero attached hydrogens (tertiary/aromatic N) is 2. The number of hydrogen-bond donors (Lipinski definition) is 1. The van der Waals surface area contributed by atoms with Gasteiger partial charge in [-0.15, -0.1) is 0 Å². The molecule has 6 nitrogen and oxygen atoms in total. The lowest BCUT2D eigenvalue weighted by Crippen LogP contribution is -2.43. The zero-order valence-electron chi connectivity index (χ0n) is 15.6. The van der Waals surface area contributed by atoms with Crippen LogP contribution in [0.25, 0.3) is 6.08 Å². The molecule has 1 unspecified atom stereocenters. The second-order valence-electron chi connectivity index (χ2n) is 6.55. The molecule has 2 aromatic rings. The summed E-state index contributed by atoms with van der Waals surface area (Å²) in [6, 6.07) is 11.1. The molecule has 0 spiro atoms. The van der Waals surface area contributed by atoms with Gasteiger partial charge in [-0.05, 0) is 53.0 Å². The third-order valence-corrected chi connectivity index (χ3v) is 5.10. The Balaban J connectivity index is 1.60. The highest BCUT2D eigenvalue weighted by Gasteiger charge is 2.27. The minimum atomic E-state index is -0.247. The highest BCUT2D eigenvalue weighted by Crippen LogP contribution is 2.21. The maximum Gasteiger partial charge on any atom is 0.246 e. The summed E-state index contributed by atoms with van der Waals surface area (Å²) in [5.41, 5.74) is 0.839. The number of nitrogens with one attached hydrogen (secondary N) is 1. The number of carbonyl (C=O) groups excluding carboxylic acids is 2. The minimum absolute atomic E-state index is 0.106. The number of para-hydroxylation sites is 1. The van der Waals surface area contributed by atoms with Gasteiger partial charge in [-0.2, -0.15) is 0 Å². The van der Waals surface area contributed by atoms with E-state index in [4.69, 9.17) is 4.74 Å². The lowest BCUT2D eigenvalue weighted by molar-refractivity contribution is -0.130. The monoisotopic (exact) mass is 443 g/mol. The Morgan fingerprint density at radius 3 is 2.86 bits per heavy atom. The van der Waals surface area contributed by atoms with E-state index in [0.717, 1.165) is 22.9 Å². The predicted octanol–water partition coefficient (Wildman–Crippen LogP) is 3.74. The first-order chi connectivity index (χ1) is 13.6. The zero-order chi connectivity index (χ0) is 19.9. The second-order valence-corrected chi connectivity index (χ2v) is 7.47. The first kappa shape index (κ1) is 20.1. The number of benzene rings is 1. The number of ether oxygens (including phenoxy) is 1. The summed E-state index contributed by atoms with van der Waals surface area (Å²) in [6.45, 7) is 1.05. The van der Waals surface area contributed by atoms with Crippen molar-refractivity contribution in [2.75, 3.05) is 25.5 Å². The van der Waals surface area contributed by atoms with Crippen molar-refractivity contribution in [2.45, 2.75) is 12.8 Å². The fraction of sp³-hybridized carbons (Fsp3) is 0.286. The first-order valence-electron chi connectivity index (χ1n) is 9.09. The van der Waals surface area contributed by atoms with Gasteiger partial charge in [0, 0.05) is 35.4 Å². The number of anilines is 1.